The second kappa shape index (κ2) is 41.5. The number of aromatic nitrogens is 8. The number of aliphatic imine (C=N–C) groups is 6. The summed E-state index contributed by atoms with van der Waals surface area (Å²) in [5, 5.41) is 8.94. The summed E-state index contributed by atoms with van der Waals surface area (Å²) < 4.78 is 5.22. The lowest BCUT2D eigenvalue weighted by atomic mass is 9.95. The molecule has 0 spiro atoms. The Hall–Kier alpha value is -13.2. The number of aromatic amines is 4. The molecule has 6 aliphatic rings. The highest BCUT2D eigenvalue weighted by Crippen LogP contribution is 2.47. The molecule has 14 nitrogen and oxygen atoms in total. The fourth-order valence-electron chi connectivity index (χ4n) is 17.9. The van der Waals surface area contributed by atoms with Crippen LogP contribution in [0.1, 0.15) is 261 Å². The molecule has 139 heavy (non-hydrogen) atoms. The number of benzene rings is 9. The smallest absolute Gasteiger partial charge is 0.120 e. The number of nitrogens with one attached hydrogen (secondary N) is 4. The molecule has 0 fully saturated rings. The predicted octanol–water partition coefficient (Wildman–Crippen LogP) is 34.3. The summed E-state index contributed by atoms with van der Waals surface area (Å²) in [6.45, 7) is 41.4. The van der Waals surface area contributed by atoms with E-state index in [1.807, 2.05) is 58.8 Å². The van der Waals surface area contributed by atoms with Crippen molar-refractivity contribution in [3.8, 4) is 78.2 Å². The van der Waals surface area contributed by atoms with Gasteiger partial charge in [0.2, 0.25) is 0 Å². The molecule has 18 heteroatoms. The van der Waals surface area contributed by atoms with Crippen molar-refractivity contribution in [3.63, 3.8) is 0 Å². The standard InChI is InChI=1S/C26H26N2S.2C25H25N3S.C22H21N3.C21H21N3S.2CH4/c1-15(2)23-11-20(14-27-23)18-7-5-17(6-8-18)19-9-10-21-22-13-24(16(3)4)28-26(22)29-25(21)12-19;2*1-14(2)20-10-18-9-19-11-23(29-24(19)12-21(18)27-20)17-7-5-16(6-8-17)22-13-26-25(28-22)15(3)4;1-4-19-11-18-10-17-9-15(5-7-16(17)12-21(18)24-19)6-8-20-13-23-22(25-20)14(2)3;1-12(2)18-9-14-7-15-8-17(25-20(15)10-19(14)24-18)6-5-16-11-22-21(23-16)13(3)4;;/h5-10,12,14-16H,11,13H2,1-4H3;2*5-9,11-15H,10H2,1-4H3,(H,26,28);5,7,9-10,12-14H,4,11H2,1-3H3,(H,23,25);7-8,10-13H,9H2,1-4H3,(H,22,23);2*1H4. The van der Waals surface area contributed by atoms with Gasteiger partial charge in [-0.25, -0.2) is 24.9 Å². The van der Waals surface area contributed by atoms with Gasteiger partial charge in [0, 0.05) is 142 Å². The lowest BCUT2D eigenvalue weighted by Gasteiger charge is -2.08. The highest BCUT2D eigenvalue weighted by atomic mass is 32.1. The van der Waals surface area contributed by atoms with Crippen LogP contribution in [0.3, 0.4) is 0 Å². The van der Waals surface area contributed by atoms with Gasteiger partial charge in [-0.3, -0.25) is 25.0 Å². The molecule has 0 amide bonds. The Morgan fingerprint density at radius 3 is 1.21 bits per heavy atom. The maximum atomic E-state index is 4.88. The Morgan fingerprint density at radius 1 is 0.309 bits per heavy atom. The van der Waals surface area contributed by atoms with Crippen molar-refractivity contribution in [2.45, 2.75) is 215 Å². The minimum absolute atomic E-state index is 0. The lowest BCUT2D eigenvalue weighted by Crippen LogP contribution is -2.06. The van der Waals surface area contributed by atoms with Crippen LogP contribution in [0, 0.1) is 53.3 Å². The number of imidazole rings is 4. The van der Waals surface area contributed by atoms with E-state index in [1.54, 1.807) is 17.5 Å². The Bertz CT molecular complexity index is 7660. The van der Waals surface area contributed by atoms with E-state index in [-0.39, 0.29) is 14.9 Å². The van der Waals surface area contributed by atoms with Crippen LogP contribution in [0.5, 0.6) is 0 Å². The molecule has 23 rings (SSSR count). The quantitative estimate of drug-likeness (QED) is 0.0701. The monoisotopic (exact) mass is 1900 g/mol. The van der Waals surface area contributed by atoms with Crippen molar-refractivity contribution in [1.29, 1.82) is 0 Å². The number of nitrogens with zero attached hydrogens (tertiary/aromatic N) is 10. The van der Waals surface area contributed by atoms with Gasteiger partial charge in [0.15, 0.2) is 0 Å². The molecule has 9 aromatic carbocycles. The Morgan fingerprint density at radius 2 is 0.734 bits per heavy atom. The van der Waals surface area contributed by atoms with Gasteiger partial charge in [0.05, 0.1) is 63.8 Å². The second-order valence-corrected chi connectivity index (χ2v) is 43.9. The summed E-state index contributed by atoms with van der Waals surface area (Å²) in [4.78, 5) is 63.5. The molecule has 704 valence electrons. The zero-order valence-corrected chi connectivity index (χ0v) is 85.1. The summed E-state index contributed by atoms with van der Waals surface area (Å²) in [6, 6.07) is 64.6. The number of H-pyrrole nitrogens is 4. The van der Waals surface area contributed by atoms with Crippen LogP contribution in [0.2, 0.25) is 0 Å². The van der Waals surface area contributed by atoms with Crippen LogP contribution in [0.4, 0.5) is 27.8 Å². The van der Waals surface area contributed by atoms with Crippen LogP contribution >= 0.6 is 45.3 Å². The van der Waals surface area contributed by atoms with Gasteiger partial charge in [0.25, 0.3) is 0 Å². The van der Waals surface area contributed by atoms with E-state index in [9.17, 15) is 0 Å². The number of fused-ring (bicyclic) bond motifs is 11. The molecule has 0 saturated heterocycles. The zero-order chi connectivity index (χ0) is 95.3. The van der Waals surface area contributed by atoms with E-state index < -0.39 is 0 Å². The number of allylic oxidation sites excluding steroid dienone is 1. The lowest BCUT2D eigenvalue weighted by molar-refractivity contribution is 0.793. The van der Waals surface area contributed by atoms with Crippen LogP contribution in [0.15, 0.2) is 237 Å². The summed E-state index contributed by atoms with van der Waals surface area (Å²) in [5.41, 5.74) is 34.0. The third-order valence-corrected chi connectivity index (χ3v) is 30.8. The summed E-state index contributed by atoms with van der Waals surface area (Å²) in [7, 11) is 0. The molecule has 4 N–H and O–H groups in total. The molecule has 0 unspecified atom stereocenters. The average Bonchev–Trinajstić information content (AvgIpc) is 1.61. The highest BCUT2D eigenvalue weighted by Gasteiger charge is 2.27. The normalized spacial score (nSPS) is 13.7. The van der Waals surface area contributed by atoms with Crippen molar-refractivity contribution in [3.05, 3.63) is 285 Å². The van der Waals surface area contributed by atoms with E-state index in [0.717, 1.165) is 124 Å². The van der Waals surface area contributed by atoms with Crippen molar-refractivity contribution in [2.24, 2.45) is 59.5 Å². The van der Waals surface area contributed by atoms with Gasteiger partial charge in [-0.15, -0.1) is 45.3 Å². The fraction of sp³-hybridized carbons (Fsp3) is 0.306. The largest absolute Gasteiger partial charge is 0.342 e. The van der Waals surface area contributed by atoms with Crippen molar-refractivity contribution >= 4 is 164 Å². The first-order valence-corrected chi connectivity index (χ1v) is 51.8. The Kier molecular flexibility index (Phi) is 29.1. The summed E-state index contributed by atoms with van der Waals surface area (Å²) in [5.74, 6) is 21.1. The Balaban J connectivity index is 0.000000120. The van der Waals surface area contributed by atoms with Gasteiger partial charge in [-0.1, -0.05) is 243 Å². The van der Waals surface area contributed by atoms with E-state index in [0.29, 0.717) is 53.3 Å². The molecule has 0 saturated carbocycles. The SMILES string of the molecule is C.C.CC(C)C1=NC=C(c2ccc(-c3ccc4c5c(sc4c3)N=C(C(C)C)C5)cc2)C1.CC(C)C1=Nc2cc3sc(-c4ccc(-c5cnc(C(C)C)[nH]5)cc4)cc3cc2C1.CC(C)C1=Nc2cc3sc(-c4ccc(-c5cnc(C(C)C)[nH]5)cc4)cc3cc2C1.CC(C)C1=Nc2cc3sc(C#Cc4cnc(C(C)C)[nH]4)cc3cc2C1.CCC1=Nc2cc3ccc(C#Cc4cnc(C(C)C)[nH]4)cc3cc2C1. The van der Waals surface area contributed by atoms with E-state index in [1.165, 1.54) is 172 Å². The molecule has 14 heterocycles. The second-order valence-electron chi connectivity index (χ2n) is 39.7. The highest BCUT2D eigenvalue weighted by molar-refractivity contribution is 7.23. The summed E-state index contributed by atoms with van der Waals surface area (Å²) in [6.07, 6.45) is 16.5. The van der Waals surface area contributed by atoms with Gasteiger partial charge in [-0.05, 0) is 238 Å². The maximum Gasteiger partial charge on any atom is 0.120 e. The maximum absolute atomic E-state index is 4.88. The zero-order valence-electron chi connectivity index (χ0n) is 81.9. The molecule has 0 radical (unpaired) electrons. The molecule has 0 atom stereocenters. The molecular weight excluding hydrogens is 1780 g/mol. The first-order chi connectivity index (χ1) is 66.0. The third kappa shape index (κ3) is 21.5. The van der Waals surface area contributed by atoms with Gasteiger partial charge >= 0.3 is 0 Å². The van der Waals surface area contributed by atoms with Gasteiger partial charge < -0.3 is 19.9 Å². The molecule has 0 aliphatic carbocycles. The molecule has 8 aromatic heterocycles. The summed E-state index contributed by atoms with van der Waals surface area (Å²) >= 11 is 7.25. The van der Waals surface area contributed by atoms with Crippen molar-refractivity contribution in [1.82, 2.24) is 39.9 Å². The number of thiophene rings is 4. The average molecular weight is 1900 g/mol. The minimum atomic E-state index is 0. The first-order valence-electron chi connectivity index (χ1n) is 48.6. The first kappa shape index (κ1) is 97.4. The van der Waals surface area contributed by atoms with Gasteiger partial charge in [0.1, 0.15) is 39.7 Å². The number of hydrogen-bond acceptors (Lipinski definition) is 14. The predicted molar refractivity (Wildman–Crippen MR) is 600 cm³/mol. The Labute approximate surface area is 835 Å². The molecule has 17 aromatic rings. The molecular formula is C121H126N14S4. The van der Waals surface area contributed by atoms with E-state index in [2.05, 4.69) is 376 Å². The van der Waals surface area contributed by atoms with E-state index >= 15 is 0 Å². The minimum Gasteiger partial charge on any atom is -0.342 e. The number of rotatable bonds is 16. The van der Waals surface area contributed by atoms with Gasteiger partial charge in [-0.2, -0.15) is 0 Å². The van der Waals surface area contributed by atoms with Crippen LogP contribution < -0.4 is 0 Å². The fourth-order valence-corrected chi connectivity index (χ4v) is 22.1. The van der Waals surface area contributed by atoms with Crippen molar-refractivity contribution in [2.75, 3.05) is 0 Å². The van der Waals surface area contributed by atoms with Crippen LogP contribution in [0.25, 0.3) is 111 Å². The topological polar surface area (TPSA) is 189 Å². The molecule has 6 aliphatic heterocycles. The van der Waals surface area contributed by atoms with Crippen LogP contribution in [-0.4, -0.2) is 74.1 Å². The molecule has 0 bridgehead atoms. The van der Waals surface area contributed by atoms with Crippen LogP contribution in [-0.2, 0) is 32.1 Å². The van der Waals surface area contributed by atoms with Crippen molar-refractivity contribution < 1.29 is 0 Å². The van der Waals surface area contributed by atoms with E-state index in [4.69, 9.17) is 25.0 Å². The third-order valence-electron chi connectivity index (χ3n) is 26.4. The number of hydrogen-bond donors (Lipinski definition) is 4.